The summed E-state index contributed by atoms with van der Waals surface area (Å²) in [5, 5.41) is 14.0. The van der Waals surface area contributed by atoms with Gasteiger partial charge in [-0.15, -0.1) is 0 Å². The molecule has 19 heavy (non-hydrogen) atoms. The van der Waals surface area contributed by atoms with E-state index in [1.807, 2.05) is 19.1 Å². The topological polar surface area (TPSA) is 68.3 Å². The van der Waals surface area contributed by atoms with E-state index in [0.717, 1.165) is 17.9 Å². The van der Waals surface area contributed by atoms with E-state index in [1.54, 1.807) is 18.4 Å². The predicted octanol–water partition coefficient (Wildman–Crippen LogP) is 4.51. The van der Waals surface area contributed by atoms with Crippen molar-refractivity contribution >= 4 is 27.3 Å². The Kier molecular flexibility index (Phi) is 4.21. The monoisotopic (exact) mass is 324 g/mol. The van der Waals surface area contributed by atoms with E-state index in [-0.39, 0.29) is 11.7 Å². The Bertz CT molecular complexity index is 569. The lowest BCUT2D eigenvalue weighted by Gasteiger charge is -2.16. The first-order valence-corrected chi connectivity index (χ1v) is 6.65. The molecule has 1 aromatic carbocycles. The third-order valence-corrected chi connectivity index (χ3v) is 3.42. The van der Waals surface area contributed by atoms with E-state index in [4.69, 9.17) is 4.42 Å². The summed E-state index contributed by atoms with van der Waals surface area (Å²) < 4.78 is 5.82. The minimum atomic E-state index is -0.419. The van der Waals surface area contributed by atoms with Gasteiger partial charge in [-0.2, -0.15) is 0 Å². The summed E-state index contributed by atoms with van der Waals surface area (Å²) in [6.45, 7) is 2.04. The lowest BCUT2D eigenvalue weighted by atomic mass is 10.1. The van der Waals surface area contributed by atoms with Crippen LogP contribution < -0.4 is 5.32 Å². The maximum Gasteiger partial charge on any atom is 0.283 e. The average molecular weight is 325 g/mol. The van der Waals surface area contributed by atoms with Crippen LogP contribution in [-0.4, -0.2) is 4.92 Å². The first kappa shape index (κ1) is 13.6. The van der Waals surface area contributed by atoms with Crippen molar-refractivity contribution in [1.82, 2.24) is 0 Å². The minimum absolute atomic E-state index is 0.0448. The molecule has 0 bridgehead atoms. The van der Waals surface area contributed by atoms with Crippen LogP contribution in [0.15, 0.2) is 45.5 Å². The lowest BCUT2D eigenvalue weighted by molar-refractivity contribution is -0.385. The number of hydrogen-bond acceptors (Lipinski definition) is 4. The molecule has 2 rings (SSSR count). The largest absolute Gasteiger partial charge is 0.467 e. The quantitative estimate of drug-likeness (QED) is 0.648. The van der Waals surface area contributed by atoms with E-state index >= 15 is 0 Å². The van der Waals surface area contributed by atoms with E-state index in [9.17, 15) is 10.1 Å². The van der Waals surface area contributed by atoms with Crippen molar-refractivity contribution < 1.29 is 9.34 Å². The minimum Gasteiger partial charge on any atom is -0.467 e. The van der Waals surface area contributed by atoms with E-state index in [1.165, 1.54) is 6.07 Å². The van der Waals surface area contributed by atoms with Gasteiger partial charge in [0.15, 0.2) is 0 Å². The number of hydrogen-bond donors (Lipinski definition) is 1. The van der Waals surface area contributed by atoms with Crippen LogP contribution in [0.4, 0.5) is 11.4 Å². The Hall–Kier alpha value is -1.82. The van der Waals surface area contributed by atoms with Crippen LogP contribution in [-0.2, 0) is 0 Å². The molecule has 1 aromatic heterocycles. The molecule has 2 aromatic rings. The first-order valence-electron chi connectivity index (χ1n) is 5.85. The summed E-state index contributed by atoms with van der Waals surface area (Å²) in [7, 11) is 0. The second-order valence-electron chi connectivity index (χ2n) is 4.04. The molecule has 0 radical (unpaired) electrons. The maximum absolute atomic E-state index is 10.7. The van der Waals surface area contributed by atoms with Gasteiger partial charge < -0.3 is 9.73 Å². The number of rotatable bonds is 5. The molecule has 6 heteroatoms. The molecule has 0 fully saturated rings. The van der Waals surface area contributed by atoms with Crippen LogP contribution >= 0.6 is 15.9 Å². The van der Waals surface area contributed by atoms with Gasteiger partial charge >= 0.3 is 0 Å². The highest BCUT2D eigenvalue weighted by Gasteiger charge is 2.15. The molecular formula is C13H13BrN2O3. The van der Waals surface area contributed by atoms with Crippen molar-refractivity contribution in [2.45, 2.75) is 19.4 Å². The van der Waals surface area contributed by atoms with Gasteiger partial charge in [0.1, 0.15) is 5.76 Å². The van der Waals surface area contributed by atoms with Crippen molar-refractivity contribution in [3.8, 4) is 0 Å². The third-order valence-electron chi connectivity index (χ3n) is 2.78. The number of benzene rings is 1. The first-order chi connectivity index (χ1) is 9.11. The second-order valence-corrected chi connectivity index (χ2v) is 4.90. The molecule has 1 unspecified atom stereocenters. The third kappa shape index (κ3) is 3.14. The Labute approximate surface area is 118 Å². The van der Waals surface area contributed by atoms with Crippen molar-refractivity contribution in [3.05, 3.63) is 56.9 Å². The number of furan rings is 1. The molecule has 0 aliphatic heterocycles. The van der Waals surface area contributed by atoms with Crippen LogP contribution in [0, 0.1) is 10.1 Å². The van der Waals surface area contributed by atoms with Crippen LogP contribution in [0.2, 0.25) is 0 Å². The number of nitrogens with one attached hydrogen (secondary N) is 1. The summed E-state index contributed by atoms with van der Waals surface area (Å²) in [5.41, 5.74) is 0.859. The zero-order chi connectivity index (χ0) is 13.8. The van der Waals surface area contributed by atoms with E-state index in [0.29, 0.717) is 4.47 Å². The fourth-order valence-corrected chi connectivity index (χ4v) is 2.33. The van der Waals surface area contributed by atoms with Crippen molar-refractivity contribution in [2.24, 2.45) is 0 Å². The molecule has 1 N–H and O–H groups in total. The molecule has 5 nitrogen and oxygen atoms in total. The van der Waals surface area contributed by atoms with Gasteiger partial charge in [0, 0.05) is 11.8 Å². The zero-order valence-corrected chi connectivity index (χ0v) is 11.9. The summed E-state index contributed by atoms with van der Waals surface area (Å²) >= 11 is 3.20. The zero-order valence-electron chi connectivity index (χ0n) is 10.3. The Balaban J connectivity index is 2.19. The summed E-state index contributed by atoms with van der Waals surface area (Å²) in [5.74, 6) is 0.844. The van der Waals surface area contributed by atoms with Crippen molar-refractivity contribution in [2.75, 3.05) is 5.32 Å². The van der Waals surface area contributed by atoms with Crippen LogP contribution in [0.5, 0.6) is 0 Å². The van der Waals surface area contributed by atoms with E-state index < -0.39 is 4.92 Å². The molecule has 100 valence electrons. The highest BCUT2D eigenvalue weighted by Crippen LogP contribution is 2.30. The Morgan fingerprint density at radius 3 is 2.79 bits per heavy atom. The standard InChI is InChI=1S/C13H13BrN2O3/c1-2-11(13-4-3-7-19-13)15-9-5-6-12(16(17)18)10(14)8-9/h3-8,11,15H,2H2,1H3. The van der Waals surface area contributed by atoms with Crippen LogP contribution in [0.3, 0.4) is 0 Å². The molecule has 1 atom stereocenters. The van der Waals surface area contributed by atoms with Gasteiger partial charge in [-0.05, 0) is 46.6 Å². The number of nitro groups is 1. The van der Waals surface area contributed by atoms with Gasteiger partial charge in [0.25, 0.3) is 5.69 Å². The number of halogens is 1. The smallest absolute Gasteiger partial charge is 0.283 e. The van der Waals surface area contributed by atoms with Gasteiger partial charge in [0.2, 0.25) is 0 Å². The van der Waals surface area contributed by atoms with Crippen molar-refractivity contribution in [1.29, 1.82) is 0 Å². The van der Waals surface area contributed by atoms with Crippen LogP contribution in [0.1, 0.15) is 25.1 Å². The maximum atomic E-state index is 10.7. The molecule has 0 aliphatic rings. The second kappa shape index (κ2) is 5.88. The normalized spacial score (nSPS) is 12.1. The molecule has 0 spiro atoms. The molecular weight excluding hydrogens is 312 g/mol. The van der Waals surface area contributed by atoms with Gasteiger partial charge in [0.05, 0.1) is 21.7 Å². The van der Waals surface area contributed by atoms with E-state index in [2.05, 4.69) is 21.2 Å². The number of nitrogens with zero attached hydrogens (tertiary/aromatic N) is 1. The molecule has 0 saturated heterocycles. The highest BCUT2D eigenvalue weighted by atomic mass is 79.9. The summed E-state index contributed by atoms with van der Waals surface area (Å²) in [6.07, 6.45) is 2.48. The van der Waals surface area contributed by atoms with Crippen LogP contribution in [0.25, 0.3) is 0 Å². The summed E-state index contributed by atoms with van der Waals surface area (Å²) in [6, 6.07) is 8.65. The summed E-state index contributed by atoms with van der Waals surface area (Å²) in [4.78, 5) is 10.3. The molecule has 0 amide bonds. The van der Waals surface area contributed by atoms with Crippen molar-refractivity contribution in [3.63, 3.8) is 0 Å². The lowest BCUT2D eigenvalue weighted by Crippen LogP contribution is -2.08. The SMILES string of the molecule is CCC(Nc1ccc([N+](=O)[O-])c(Br)c1)c1ccco1. The van der Waals surface area contributed by atoms with Gasteiger partial charge in [-0.25, -0.2) is 0 Å². The molecule has 1 heterocycles. The number of nitro benzene ring substituents is 1. The Morgan fingerprint density at radius 2 is 2.26 bits per heavy atom. The van der Waals surface area contributed by atoms with Gasteiger partial charge in [-0.3, -0.25) is 10.1 Å². The highest BCUT2D eigenvalue weighted by molar-refractivity contribution is 9.10. The average Bonchev–Trinajstić information content (AvgIpc) is 2.89. The molecule has 0 aliphatic carbocycles. The predicted molar refractivity (Wildman–Crippen MR) is 76.2 cm³/mol. The number of anilines is 1. The Morgan fingerprint density at radius 1 is 1.47 bits per heavy atom. The van der Waals surface area contributed by atoms with Gasteiger partial charge in [-0.1, -0.05) is 6.92 Å². The fraction of sp³-hybridized carbons (Fsp3) is 0.231. The fourth-order valence-electron chi connectivity index (χ4n) is 1.81. The molecule has 0 saturated carbocycles.